The lowest BCUT2D eigenvalue weighted by molar-refractivity contribution is 0.155. The largest absolute Gasteiger partial charge is 0.489 e. The Morgan fingerprint density at radius 2 is 2.09 bits per heavy atom. The number of hydrogen-bond donors (Lipinski definition) is 0. The van der Waals surface area contributed by atoms with E-state index in [1.54, 1.807) is 6.08 Å². The molecule has 0 heterocycles. The zero-order chi connectivity index (χ0) is 8.85. The lowest BCUT2D eigenvalue weighted by Crippen LogP contribution is -2.01. The highest BCUT2D eigenvalue weighted by atomic mass is 16.5. The standard InChI is InChI=1S/C9H15NO/c1-6-9(8(4)10-5)11-7(2)3/h6-7H,1,5H2,2-4H3/b9-8+. The highest BCUT2D eigenvalue weighted by molar-refractivity contribution is 5.31. The second-order valence-electron chi connectivity index (χ2n) is 2.48. The number of nitrogens with zero attached hydrogens (tertiary/aromatic N) is 1. The minimum absolute atomic E-state index is 0.152. The van der Waals surface area contributed by atoms with Crippen molar-refractivity contribution >= 4 is 6.72 Å². The first-order chi connectivity index (χ1) is 5.11. The van der Waals surface area contributed by atoms with Crippen molar-refractivity contribution in [1.29, 1.82) is 0 Å². The summed E-state index contributed by atoms with van der Waals surface area (Å²) in [6.45, 7) is 12.8. The molecule has 0 atom stereocenters. The summed E-state index contributed by atoms with van der Waals surface area (Å²) in [5, 5.41) is 0. The molecule has 0 spiro atoms. The van der Waals surface area contributed by atoms with Gasteiger partial charge in [0.1, 0.15) is 5.76 Å². The first kappa shape index (κ1) is 9.95. The van der Waals surface area contributed by atoms with Crippen molar-refractivity contribution in [2.75, 3.05) is 0 Å². The summed E-state index contributed by atoms with van der Waals surface area (Å²) in [4.78, 5) is 3.75. The van der Waals surface area contributed by atoms with E-state index < -0.39 is 0 Å². The van der Waals surface area contributed by atoms with Crippen molar-refractivity contribution in [2.24, 2.45) is 4.99 Å². The molecule has 62 valence electrons. The predicted molar refractivity (Wildman–Crippen MR) is 48.7 cm³/mol. The molecular weight excluding hydrogens is 138 g/mol. The van der Waals surface area contributed by atoms with Gasteiger partial charge in [0.05, 0.1) is 11.8 Å². The molecule has 0 radical (unpaired) electrons. The third-order valence-corrected chi connectivity index (χ3v) is 1.14. The molecule has 0 aromatic heterocycles. The highest BCUT2D eigenvalue weighted by Crippen LogP contribution is 2.09. The molecular formula is C9H15NO. The monoisotopic (exact) mass is 153 g/mol. The van der Waals surface area contributed by atoms with E-state index in [0.717, 1.165) is 5.70 Å². The first-order valence-electron chi connectivity index (χ1n) is 3.58. The summed E-state index contributed by atoms with van der Waals surface area (Å²) < 4.78 is 5.38. The fourth-order valence-electron chi connectivity index (χ4n) is 0.613. The second-order valence-corrected chi connectivity index (χ2v) is 2.48. The molecule has 0 unspecified atom stereocenters. The van der Waals surface area contributed by atoms with Crippen molar-refractivity contribution < 1.29 is 4.74 Å². The van der Waals surface area contributed by atoms with Crippen molar-refractivity contribution in [3.8, 4) is 0 Å². The molecule has 0 amide bonds. The zero-order valence-corrected chi connectivity index (χ0v) is 7.42. The van der Waals surface area contributed by atoms with Crippen molar-refractivity contribution in [3.05, 3.63) is 24.1 Å². The van der Waals surface area contributed by atoms with Crippen LogP contribution in [0.3, 0.4) is 0 Å². The molecule has 0 saturated carbocycles. The number of allylic oxidation sites excluding steroid dienone is 2. The van der Waals surface area contributed by atoms with Crippen LogP contribution in [0.15, 0.2) is 29.1 Å². The van der Waals surface area contributed by atoms with Crippen LogP contribution in [0.25, 0.3) is 0 Å². The van der Waals surface area contributed by atoms with Crippen molar-refractivity contribution in [3.63, 3.8) is 0 Å². The van der Waals surface area contributed by atoms with Gasteiger partial charge in [-0.3, -0.25) is 4.99 Å². The minimum atomic E-state index is 0.152. The molecule has 0 aliphatic carbocycles. The van der Waals surface area contributed by atoms with Crippen LogP contribution in [0, 0.1) is 0 Å². The third kappa shape index (κ3) is 3.61. The quantitative estimate of drug-likeness (QED) is 0.345. The first-order valence-corrected chi connectivity index (χ1v) is 3.58. The van der Waals surface area contributed by atoms with E-state index >= 15 is 0 Å². The molecule has 0 bridgehead atoms. The molecule has 0 aliphatic rings. The van der Waals surface area contributed by atoms with Crippen LogP contribution >= 0.6 is 0 Å². The van der Waals surface area contributed by atoms with Gasteiger partial charge in [-0.25, -0.2) is 0 Å². The van der Waals surface area contributed by atoms with Gasteiger partial charge in [-0.05, 0) is 33.6 Å². The number of hydrogen-bond acceptors (Lipinski definition) is 2. The lowest BCUT2D eigenvalue weighted by Gasteiger charge is -2.10. The predicted octanol–water partition coefficient (Wildman–Crippen LogP) is 2.53. The average molecular weight is 153 g/mol. The van der Waals surface area contributed by atoms with Gasteiger partial charge in [-0.15, -0.1) is 0 Å². The third-order valence-electron chi connectivity index (χ3n) is 1.14. The van der Waals surface area contributed by atoms with Gasteiger partial charge < -0.3 is 4.74 Å². The topological polar surface area (TPSA) is 21.6 Å². The van der Waals surface area contributed by atoms with E-state index in [1.165, 1.54) is 0 Å². The van der Waals surface area contributed by atoms with Crippen LogP contribution in [0.2, 0.25) is 0 Å². The van der Waals surface area contributed by atoms with E-state index in [0.29, 0.717) is 5.76 Å². The molecule has 0 aliphatic heterocycles. The lowest BCUT2D eigenvalue weighted by atomic mass is 10.3. The molecule has 2 heteroatoms. The normalized spacial score (nSPS) is 12.4. The van der Waals surface area contributed by atoms with Gasteiger partial charge >= 0.3 is 0 Å². The Morgan fingerprint density at radius 1 is 1.55 bits per heavy atom. The van der Waals surface area contributed by atoms with E-state index in [-0.39, 0.29) is 6.10 Å². The van der Waals surface area contributed by atoms with E-state index in [1.807, 2.05) is 20.8 Å². The van der Waals surface area contributed by atoms with Gasteiger partial charge in [0.2, 0.25) is 0 Å². The molecule has 0 aromatic carbocycles. The minimum Gasteiger partial charge on any atom is -0.489 e. The number of ether oxygens (including phenoxy) is 1. The summed E-state index contributed by atoms with van der Waals surface area (Å²) in [5.74, 6) is 0.704. The Balaban J connectivity index is 4.38. The Morgan fingerprint density at radius 3 is 2.36 bits per heavy atom. The Kier molecular flexibility index (Phi) is 4.27. The Bertz CT molecular complexity index is 180. The van der Waals surface area contributed by atoms with Crippen LogP contribution in [0.1, 0.15) is 20.8 Å². The summed E-state index contributed by atoms with van der Waals surface area (Å²) in [6.07, 6.45) is 1.80. The van der Waals surface area contributed by atoms with Crippen molar-refractivity contribution in [2.45, 2.75) is 26.9 Å². The van der Waals surface area contributed by atoms with E-state index in [4.69, 9.17) is 4.74 Å². The maximum absolute atomic E-state index is 5.38. The van der Waals surface area contributed by atoms with Crippen LogP contribution in [0.4, 0.5) is 0 Å². The molecule has 0 rings (SSSR count). The number of aliphatic imine (C=N–C) groups is 1. The second kappa shape index (κ2) is 4.72. The molecule has 11 heavy (non-hydrogen) atoms. The van der Waals surface area contributed by atoms with Crippen LogP contribution in [0.5, 0.6) is 0 Å². The van der Waals surface area contributed by atoms with Crippen molar-refractivity contribution in [1.82, 2.24) is 0 Å². The van der Waals surface area contributed by atoms with Crippen LogP contribution in [-0.4, -0.2) is 12.8 Å². The fraction of sp³-hybridized carbons (Fsp3) is 0.444. The average Bonchev–Trinajstić information content (AvgIpc) is 1.98. The van der Waals surface area contributed by atoms with Gasteiger partial charge in [0.25, 0.3) is 0 Å². The summed E-state index contributed by atoms with van der Waals surface area (Å²) in [6, 6.07) is 0. The Labute approximate surface area is 68.3 Å². The summed E-state index contributed by atoms with van der Waals surface area (Å²) in [7, 11) is 0. The molecule has 0 saturated heterocycles. The van der Waals surface area contributed by atoms with Gasteiger partial charge in [0, 0.05) is 0 Å². The maximum Gasteiger partial charge on any atom is 0.140 e. The fourth-order valence-corrected chi connectivity index (χ4v) is 0.613. The SMILES string of the molecule is C=C/C(OC(C)C)=C(/C)N=C. The maximum atomic E-state index is 5.38. The zero-order valence-electron chi connectivity index (χ0n) is 7.42. The molecule has 0 fully saturated rings. The van der Waals surface area contributed by atoms with E-state index in [9.17, 15) is 0 Å². The van der Waals surface area contributed by atoms with Crippen LogP contribution in [-0.2, 0) is 4.74 Å². The smallest absolute Gasteiger partial charge is 0.140 e. The van der Waals surface area contributed by atoms with Gasteiger partial charge in [-0.2, -0.15) is 0 Å². The van der Waals surface area contributed by atoms with Gasteiger partial charge in [-0.1, -0.05) is 6.58 Å². The Hall–Kier alpha value is -1.05. The van der Waals surface area contributed by atoms with E-state index in [2.05, 4.69) is 18.3 Å². The van der Waals surface area contributed by atoms with Crippen LogP contribution < -0.4 is 0 Å². The molecule has 0 aromatic rings. The molecule has 0 N–H and O–H groups in total. The summed E-state index contributed by atoms with van der Waals surface area (Å²) >= 11 is 0. The number of rotatable bonds is 4. The molecule has 2 nitrogen and oxygen atoms in total. The van der Waals surface area contributed by atoms with Gasteiger partial charge in [0.15, 0.2) is 0 Å². The highest BCUT2D eigenvalue weighted by Gasteiger charge is 1.99. The summed E-state index contributed by atoms with van der Waals surface area (Å²) in [5.41, 5.74) is 0.772.